The number of amides is 1. The summed E-state index contributed by atoms with van der Waals surface area (Å²) in [6, 6.07) is -0.346. The predicted octanol–water partition coefficient (Wildman–Crippen LogP) is -0.395. The van der Waals surface area contributed by atoms with Gasteiger partial charge in [0.05, 0.1) is 12.6 Å². The molecule has 1 amide bonds. The van der Waals surface area contributed by atoms with Gasteiger partial charge >= 0.3 is 6.09 Å². The van der Waals surface area contributed by atoms with E-state index < -0.39 is 6.09 Å². The van der Waals surface area contributed by atoms with E-state index in [9.17, 15) is 4.79 Å². The highest BCUT2D eigenvalue weighted by molar-refractivity contribution is 5.65. The average Bonchev–Trinajstić information content (AvgIpc) is 1.82. The van der Waals surface area contributed by atoms with E-state index in [4.69, 9.17) is 10.8 Å². The molecule has 0 saturated heterocycles. The third kappa shape index (κ3) is 4.94. The first-order chi connectivity index (χ1) is 4.66. The fraction of sp³-hybridized carbons (Fsp3) is 0.500. The minimum atomic E-state index is -1.07. The van der Waals surface area contributed by atoms with Crippen LogP contribution in [0.1, 0.15) is 6.92 Å². The summed E-state index contributed by atoms with van der Waals surface area (Å²) in [7, 11) is 0. The van der Waals surface area contributed by atoms with Crippen molar-refractivity contribution >= 4 is 6.09 Å². The van der Waals surface area contributed by atoms with Crippen LogP contribution in [-0.2, 0) is 0 Å². The van der Waals surface area contributed by atoms with Crippen LogP contribution < -0.4 is 11.1 Å². The summed E-state index contributed by atoms with van der Waals surface area (Å²) in [5.74, 6) is 5.15. The number of nitrogens with one attached hydrogen (secondary N) is 1. The molecule has 0 saturated carbocycles. The lowest BCUT2D eigenvalue weighted by molar-refractivity contribution is 0.193. The van der Waals surface area contributed by atoms with Gasteiger partial charge in [0.2, 0.25) is 0 Å². The largest absolute Gasteiger partial charge is 0.465 e. The van der Waals surface area contributed by atoms with Crippen LogP contribution in [0.4, 0.5) is 4.79 Å². The first kappa shape index (κ1) is 8.79. The fourth-order valence-electron chi connectivity index (χ4n) is 0.433. The Morgan fingerprint density at radius 2 is 2.50 bits per heavy atom. The zero-order valence-corrected chi connectivity index (χ0v) is 5.72. The van der Waals surface area contributed by atoms with Crippen molar-refractivity contribution in [2.24, 2.45) is 5.73 Å². The summed E-state index contributed by atoms with van der Waals surface area (Å²) < 4.78 is 0. The molecule has 0 aromatic carbocycles. The molecule has 0 aromatic heterocycles. The van der Waals surface area contributed by atoms with Crippen molar-refractivity contribution < 1.29 is 9.90 Å². The standard InChI is InChI=1S/C6H10N2O2/c1-5(3-2-4-7)8-6(9)10/h5,8H,4,7H2,1H3,(H,9,10)/t5-/m1/s1. The summed E-state index contributed by atoms with van der Waals surface area (Å²) in [4.78, 5) is 9.96. The first-order valence-corrected chi connectivity index (χ1v) is 2.84. The van der Waals surface area contributed by atoms with E-state index in [2.05, 4.69) is 17.2 Å². The van der Waals surface area contributed by atoms with Gasteiger partial charge in [-0.05, 0) is 6.92 Å². The number of hydrogen-bond acceptors (Lipinski definition) is 2. The molecule has 0 unspecified atom stereocenters. The molecule has 0 bridgehead atoms. The molecule has 0 rings (SSSR count). The van der Waals surface area contributed by atoms with Crippen molar-refractivity contribution in [1.29, 1.82) is 0 Å². The Balaban J connectivity index is 3.63. The molecule has 0 aliphatic heterocycles. The van der Waals surface area contributed by atoms with Gasteiger partial charge in [-0.1, -0.05) is 11.8 Å². The zero-order valence-electron chi connectivity index (χ0n) is 5.72. The molecule has 0 fully saturated rings. The van der Waals surface area contributed by atoms with Crippen LogP contribution in [0.15, 0.2) is 0 Å². The molecule has 1 atom stereocenters. The Kier molecular flexibility index (Phi) is 4.09. The molecule has 4 nitrogen and oxygen atoms in total. The molecular weight excluding hydrogens is 132 g/mol. The predicted molar refractivity (Wildman–Crippen MR) is 37.5 cm³/mol. The molecule has 0 aliphatic carbocycles. The van der Waals surface area contributed by atoms with E-state index in [1.807, 2.05) is 0 Å². The van der Waals surface area contributed by atoms with Gasteiger partial charge in [-0.3, -0.25) is 0 Å². The summed E-state index contributed by atoms with van der Waals surface area (Å²) in [5, 5.41) is 10.3. The Labute approximate surface area is 59.4 Å². The molecule has 56 valence electrons. The lowest BCUT2D eigenvalue weighted by Gasteiger charge is -2.00. The molecule has 0 radical (unpaired) electrons. The number of hydrogen-bond donors (Lipinski definition) is 3. The fourth-order valence-corrected chi connectivity index (χ4v) is 0.433. The van der Waals surface area contributed by atoms with Crippen molar-refractivity contribution in [3.8, 4) is 11.8 Å². The lowest BCUT2D eigenvalue weighted by atomic mass is 10.3. The van der Waals surface area contributed by atoms with E-state index in [1.54, 1.807) is 6.92 Å². The van der Waals surface area contributed by atoms with E-state index in [0.717, 1.165) is 0 Å². The second-order valence-electron chi connectivity index (χ2n) is 1.70. The molecule has 4 heteroatoms. The van der Waals surface area contributed by atoms with Crippen molar-refractivity contribution in [1.82, 2.24) is 5.32 Å². The van der Waals surface area contributed by atoms with Gasteiger partial charge in [0.15, 0.2) is 0 Å². The van der Waals surface area contributed by atoms with Gasteiger partial charge in [-0.2, -0.15) is 0 Å². The second kappa shape index (κ2) is 4.65. The molecular formula is C6H10N2O2. The maximum atomic E-state index is 9.96. The third-order valence-corrected chi connectivity index (χ3v) is 0.761. The van der Waals surface area contributed by atoms with Crippen molar-refractivity contribution in [3.05, 3.63) is 0 Å². The van der Waals surface area contributed by atoms with Crippen LogP contribution in [0, 0.1) is 11.8 Å². The Bertz CT molecular complexity index is 168. The first-order valence-electron chi connectivity index (χ1n) is 2.84. The van der Waals surface area contributed by atoms with Gasteiger partial charge < -0.3 is 16.2 Å². The molecule has 4 N–H and O–H groups in total. The maximum Gasteiger partial charge on any atom is 0.405 e. The van der Waals surface area contributed by atoms with Crippen LogP contribution >= 0.6 is 0 Å². The number of carbonyl (C=O) groups is 1. The maximum absolute atomic E-state index is 9.96. The summed E-state index contributed by atoms with van der Waals surface area (Å²) >= 11 is 0. The molecule has 0 aromatic rings. The highest BCUT2D eigenvalue weighted by Crippen LogP contribution is 1.75. The van der Waals surface area contributed by atoms with Crippen LogP contribution in [0.2, 0.25) is 0 Å². The molecule has 0 heterocycles. The molecule has 0 aliphatic rings. The number of nitrogens with two attached hydrogens (primary N) is 1. The van der Waals surface area contributed by atoms with Gasteiger partial charge in [-0.25, -0.2) is 4.79 Å². The van der Waals surface area contributed by atoms with Crippen LogP contribution in [0.3, 0.4) is 0 Å². The Hall–Kier alpha value is -1.21. The minimum Gasteiger partial charge on any atom is -0.465 e. The van der Waals surface area contributed by atoms with Gasteiger partial charge in [0, 0.05) is 0 Å². The average molecular weight is 142 g/mol. The highest BCUT2D eigenvalue weighted by Gasteiger charge is 1.98. The summed E-state index contributed by atoms with van der Waals surface area (Å²) in [6.07, 6.45) is -1.07. The number of rotatable bonds is 1. The minimum absolute atomic E-state index is 0.256. The topological polar surface area (TPSA) is 75.3 Å². The van der Waals surface area contributed by atoms with Crippen LogP contribution in [-0.4, -0.2) is 23.8 Å². The van der Waals surface area contributed by atoms with E-state index in [-0.39, 0.29) is 12.6 Å². The van der Waals surface area contributed by atoms with Crippen molar-refractivity contribution in [2.75, 3.05) is 6.54 Å². The second-order valence-corrected chi connectivity index (χ2v) is 1.70. The summed E-state index contributed by atoms with van der Waals surface area (Å²) in [6.45, 7) is 1.91. The van der Waals surface area contributed by atoms with Crippen LogP contribution in [0.5, 0.6) is 0 Å². The SMILES string of the molecule is C[C@H](C#CCN)NC(=O)O. The van der Waals surface area contributed by atoms with Gasteiger partial charge in [0.25, 0.3) is 0 Å². The lowest BCUT2D eigenvalue weighted by Crippen LogP contribution is -2.29. The molecule has 0 spiro atoms. The Morgan fingerprint density at radius 1 is 1.90 bits per heavy atom. The monoisotopic (exact) mass is 142 g/mol. The van der Waals surface area contributed by atoms with Crippen molar-refractivity contribution in [3.63, 3.8) is 0 Å². The quantitative estimate of drug-likeness (QED) is 0.436. The third-order valence-electron chi connectivity index (χ3n) is 0.761. The Morgan fingerprint density at radius 3 is 2.90 bits per heavy atom. The number of carboxylic acid groups (broad SMARTS) is 1. The van der Waals surface area contributed by atoms with Crippen molar-refractivity contribution in [2.45, 2.75) is 13.0 Å². The smallest absolute Gasteiger partial charge is 0.405 e. The highest BCUT2D eigenvalue weighted by atomic mass is 16.4. The summed E-state index contributed by atoms with van der Waals surface area (Å²) in [5.41, 5.74) is 5.06. The van der Waals surface area contributed by atoms with E-state index in [0.29, 0.717) is 0 Å². The molecule has 10 heavy (non-hydrogen) atoms. The normalized spacial score (nSPS) is 11.0. The van der Waals surface area contributed by atoms with Gasteiger partial charge in [0.1, 0.15) is 0 Å². The van der Waals surface area contributed by atoms with Gasteiger partial charge in [-0.15, -0.1) is 0 Å². The van der Waals surface area contributed by atoms with E-state index >= 15 is 0 Å². The zero-order chi connectivity index (χ0) is 7.98. The van der Waals surface area contributed by atoms with Crippen LogP contribution in [0.25, 0.3) is 0 Å². The van der Waals surface area contributed by atoms with E-state index in [1.165, 1.54) is 0 Å².